The number of urea groups is 1. The molecule has 5 nitrogen and oxygen atoms in total. The smallest absolute Gasteiger partial charge is 0.306 e. The summed E-state index contributed by atoms with van der Waals surface area (Å²) in [6, 6.07) is 15.9. The number of carbonyl (C=O) groups is 1. The number of rotatable bonds is 4. The molecule has 34 heavy (non-hydrogen) atoms. The van der Waals surface area contributed by atoms with Crippen molar-refractivity contribution in [2.24, 2.45) is 0 Å². The molecule has 0 bridgehead atoms. The largest absolute Gasteiger partial charge is 0.326 e. The average Bonchev–Trinajstić information content (AvgIpc) is 3.16. The summed E-state index contributed by atoms with van der Waals surface area (Å²) in [5.41, 5.74) is 3.25. The molecule has 3 aromatic rings. The fraction of sp³-hybridized carbons (Fsp3) is 0.259. The van der Waals surface area contributed by atoms with Crippen molar-refractivity contribution in [2.75, 3.05) is 36.4 Å². The van der Waals surface area contributed by atoms with Crippen molar-refractivity contribution in [1.82, 2.24) is 9.88 Å². The average molecular weight is 477 g/mol. The summed E-state index contributed by atoms with van der Waals surface area (Å²) in [6.45, 7) is 3.17. The minimum Gasteiger partial charge on any atom is -0.306 e. The summed E-state index contributed by atoms with van der Waals surface area (Å²) in [5.74, 6) is -0.263. The topological polar surface area (TPSA) is 48.5 Å². The van der Waals surface area contributed by atoms with Gasteiger partial charge in [-0.3, -0.25) is 14.8 Å². The van der Waals surface area contributed by atoms with Gasteiger partial charge in [0.25, 0.3) is 0 Å². The predicted octanol–water partition coefficient (Wildman–Crippen LogP) is 5.97. The van der Waals surface area contributed by atoms with Crippen LogP contribution in [0.25, 0.3) is 6.08 Å². The van der Waals surface area contributed by atoms with Crippen LogP contribution in [0.15, 0.2) is 73.1 Å². The molecule has 0 saturated carbocycles. The molecule has 0 aliphatic carbocycles. The highest BCUT2D eigenvalue weighted by atomic mass is 35.5. The molecule has 1 fully saturated rings. The molecule has 1 N–H and O–H groups in total. The van der Waals surface area contributed by atoms with Crippen LogP contribution < -0.4 is 10.2 Å². The Morgan fingerprint density at radius 1 is 1.15 bits per heavy atom. The quantitative estimate of drug-likeness (QED) is 0.504. The van der Waals surface area contributed by atoms with Crippen molar-refractivity contribution >= 4 is 35.1 Å². The highest BCUT2D eigenvalue weighted by molar-refractivity contribution is 6.30. The number of hydrogen-bond acceptors (Lipinski definition) is 3. The van der Waals surface area contributed by atoms with Gasteiger partial charge < -0.3 is 5.32 Å². The van der Waals surface area contributed by atoms with Gasteiger partial charge >= 0.3 is 6.03 Å². The number of hydrogen-bond donors (Lipinski definition) is 1. The van der Waals surface area contributed by atoms with Crippen molar-refractivity contribution in [3.05, 3.63) is 95.0 Å². The monoisotopic (exact) mass is 476 g/mol. The second kappa shape index (κ2) is 9.57. The molecular formula is C27H26ClFN4O. The molecule has 2 aromatic carbocycles. The normalized spacial score (nSPS) is 17.3. The van der Waals surface area contributed by atoms with Crippen LogP contribution in [0.2, 0.25) is 5.02 Å². The highest BCUT2D eigenvalue weighted by Crippen LogP contribution is 2.47. The van der Waals surface area contributed by atoms with Gasteiger partial charge in [0.15, 0.2) is 0 Å². The number of anilines is 2. The third kappa shape index (κ3) is 4.69. The Labute approximate surface area is 203 Å². The van der Waals surface area contributed by atoms with Crippen LogP contribution in [0.1, 0.15) is 24.0 Å². The van der Waals surface area contributed by atoms with Crippen molar-refractivity contribution < 1.29 is 9.18 Å². The number of amides is 2. The van der Waals surface area contributed by atoms with E-state index in [0.717, 1.165) is 54.3 Å². The van der Waals surface area contributed by atoms with Gasteiger partial charge in [-0.25, -0.2) is 9.18 Å². The number of halogens is 2. The first-order chi connectivity index (χ1) is 16.5. The van der Waals surface area contributed by atoms with Crippen LogP contribution in [0.3, 0.4) is 0 Å². The van der Waals surface area contributed by atoms with Crippen molar-refractivity contribution in [1.29, 1.82) is 0 Å². The zero-order valence-electron chi connectivity index (χ0n) is 18.8. The first kappa shape index (κ1) is 22.6. The maximum atomic E-state index is 14.2. The first-order valence-electron chi connectivity index (χ1n) is 11.5. The first-order valence-corrected chi connectivity index (χ1v) is 11.8. The van der Waals surface area contributed by atoms with Gasteiger partial charge in [0.1, 0.15) is 5.82 Å². The highest BCUT2D eigenvalue weighted by Gasteiger charge is 2.46. The standard InChI is InChI=1S/C27H26ClFN4O/c28-21-7-5-20(6-8-21)3-2-14-32-15-11-27(12-16-32)19-33(25-10-9-22(29)17-24(25)27)26(34)31-23-4-1-13-30-18-23/h1-10,13,17-18H,11-12,14-16,19H2,(H,31,34). The van der Waals surface area contributed by atoms with Gasteiger partial charge in [0, 0.05) is 35.4 Å². The molecule has 174 valence electrons. The van der Waals surface area contributed by atoms with Crippen LogP contribution in [0.4, 0.5) is 20.6 Å². The number of fused-ring (bicyclic) bond motifs is 2. The van der Waals surface area contributed by atoms with Gasteiger partial charge in [-0.2, -0.15) is 0 Å². The lowest BCUT2D eigenvalue weighted by Crippen LogP contribution is -2.46. The molecular weight excluding hydrogens is 451 g/mol. The molecule has 0 radical (unpaired) electrons. The van der Waals surface area contributed by atoms with Crippen LogP contribution >= 0.6 is 11.6 Å². The van der Waals surface area contributed by atoms with Gasteiger partial charge in [-0.15, -0.1) is 0 Å². The lowest BCUT2D eigenvalue weighted by atomic mass is 9.74. The van der Waals surface area contributed by atoms with E-state index in [4.69, 9.17) is 11.6 Å². The van der Waals surface area contributed by atoms with E-state index in [1.807, 2.05) is 24.3 Å². The summed E-state index contributed by atoms with van der Waals surface area (Å²) < 4.78 is 14.2. The van der Waals surface area contributed by atoms with E-state index in [9.17, 15) is 9.18 Å². The maximum absolute atomic E-state index is 14.2. The van der Waals surface area contributed by atoms with Crippen LogP contribution in [-0.2, 0) is 5.41 Å². The molecule has 5 rings (SSSR count). The number of nitrogens with one attached hydrogen (secondary N) is 1. The van der Waals surface area contributed by atoms with Crippen molar-refractivity contribution in [2.45, 2.75) is 18.3 Å². The molecule has 2 amide bonds. The zero-order chi connectivity index (χ0) is 23.5. The molecule has 0 unspecified atom stereocenters. The molecule has 2 aliphatic heterocycles. The molecule has 1 spiro atoms. The lowest BCUT2D eigenvalue weighted by Gasteiger charge is -2.39. The fourth-order valence-electron chi connectivity index (χ4n) is 4.95. The zero-order valence-corrected chi connectivity index (χ0v) is 19.5. The summed E-state index contributed by atoms with van der Waals surface area (Å²) in [4.78, 5) is 21.3. The van der Waals surface area contributed by atoms with Gasteiger partial charge in [0.2, 0.25) is 0 Å². The van der Waals surface area contributed by atoms with Gasteiger partial charge in [0.05, 0.1) is 11.9 Å². The number of carbonyl (C=O) groups excluding carboxylic acids is 1. The molecule has 2 aliphatic rings. The Bertz CT molecular complexity index is 1190. The number of pyridine rings is 1. The molecule has 1 aromatic heterocycles. The Hall–Kier alpha value is -3.22. The number of aromatic nitrogens is 1. The number of benzene rings is 2. The molecule has 7 heteroatoms. The summed E-state index contributed by atoms with van der Waals surface area (Å²) in [7, 11) is 0. The second-order valence-corrected chi connectivity index (χ2v) is 9.39. The van der Waals surface area contributed by atoms with E-state index in [1.165, 1.54) is 6.07 Å². The minimum atomic E-state index is -0.263. The third-order valence-corrected chi connectivity index (χ3v) is 7.05. The van der Waals surface area contributed by atoms with E-state index >= 15 is 0 Å². The maximum Gasteiger partial charge on any atom is 0.326 e. The Morgan fingerprint density at radius 3 is 2.68 bits per heavy atom. The lowest BCUT2D eigenvalue weighted by molar-refractivity contribution is 0.180. The summed E-state index contributed by atoms with van der Waals surface area (Å²) in [6.07, 6.45) is 9.29. The predicted molar refractivity (Wildman–Crippen MR) is 135 cm³/mol. The van der Waals surface area contributed by atoms with Crippen LogP contribution in [-0.4, -0.2) is 42.1 Å². The number of likely N-dealkylation sites (tertiary alicyclic amines) is 1. The fourth-order valence-corrected chi connectivity index (χ4v) is 5.08. The Kier molecular flexibility index (Phi) is 6.35. The van der Waals surface area contributed by atoms with Crippen LogP contribution in [0, 0.1) is 5.82 Å². The summed E-state index contributed by atoms with van der Waals surface area (Å²) in [5, 5.41) is 3.65. The number of piperidine rings is 1. The van der Waals surface area contributed by atoms with E-state index in [-0.39, 0.29) is 17.3 Å². The second-order valence-electron chi connectivity index (χ2n) is 8.95. The van der Waals surface area contributed by atoms with E-state index < -0.39 is 0 Å². The Balaban J connectivity index is 1.27. The van der Waals surface area contributed by atoms with Gasteiger partial charge in [-0.1, -0.05) is 35.9 Å². The van der Waals surface area contributed by atoms with E-state index in [1.54, 1.807) is 41.6 Å². The molecule has 0 atom stereocenters. The van der Waals surface area contributed by atoms with Gasteiger partial charge in [-0.05, 0) is 79.5 Å². The third-order valence-electron chi connectivity index (χ3n) is 6.80. The summed E-state index contributed by atoms with van der Waals surface area (Å²) >= 11 is 5.96. The number of nitrogens with zero attached hydrogens (tertiary/aromatic N) is 3. The van der Waals surface area contributed by atoms with E-state index in [2.05, 4.69) is 27.4 Å². The molecule has 3 heterocycles. The van der Waals surface area contributed by atoms with Crippen molar-refractivity contribution in [3.8, 4) is 0 Å². The van der Waals surface area contributed by atoms with Crippen LogP contribution in [0.5, 0.6) is 0 Å². The minimum absolute atomic E-state index is 0.217. The Morgan fingerprint density at radius 2 is 1.94 bits per heavy atom. The van der Waals surface area contributed by atoms with Crippen molar-refractivity contribution in [3.63, 3.8) is 0 Å². The molecule has 1 saturated heterocycles. The van der Waals surface area contributed by atoms with E-state index in [0.29, 0.717) is 12.2 Å². The SMILES string of the molecule is O=C(Nc1cccnc1)N1CC2(CCN(CC=Cc3ccc(Cl)cc3)CC2)c2cc(F)ccc21.